The Labute approximate surface area is 209 Å². The Kier molecular flexibility index (Phi) is 7.03. The van der Waals surface area contributed by atoms with Gasteiger partial charge < -0.3 is 10.4 Å². The summed E-state index contributed by atoms with van der Waals surface area (Å²) in [5, 5.41) is 18.3. The lowest BCUT2D eigenvalue weighted by Crippen LogP contribution is -2.32. The Morgan fingerprint density at radius 3 is 2.63 bits per heavy atom. The Bertz CT molecular complexity index is 1290. The van der Waals surface area contributed by atoms with Crippen LogP contribution in [0.4, 0.5) is 0 Å². The summed E-state index contributed by atoms with van der Waals surface area (Å²) >= 11 is 1.70. The fourth-order valence-electron chi connectivity index (χ4n) is 4.55. The van der Waals surface area contributed by atoms with Crippen molar-refractivity contribution in [1.82, 2.24) is 25.0 Å². The smallest absolute Gasteiger partial charge is 0.272 e. The molecule has 1 unspecified atom stereocenters. The van der Waals surface area contributed by atoms with Gasteiger partial charge in [0.2, 0.25) is 0 Å². The second-order valence-electron chi connectivity index (χ2n) is 8.78. The zero-order valence-electron chi connectivity index (χ0n) is 19.7. The first-order chi connectivity index (χ1) is 17.1. The molecule has 2 N–H and O–H groups in total. The molecule has 2 aromatic carbocycles. The number of thiazole rings is 1. The monoisotopic (exact) mass is 487 g/mol. The van der Waals surface area contributed by atoms with E-state index in [0.717, 1.165) is 46.9 Å². The molecular weight excluding hydrogens is 458 g/mol. The van der Waals surface area contributed by atoms with Gasteiger partial charge in [-0.2, -0.15) is 5.10 Å². The van der Waals surface area contributed by atoms with Crippen molar-refractivity contribution in [2.75, 3.05) is 13.2 Å². The predicted octanol–water partition coefficient (Wildman–Crippen LogP) is 4.05. The highest BCUT2D eigenvalue weighted by molar-refractivity contribution is 7.15. The van der Waals surface area contributed by atoms with Gasteiger partial charge in [-0.25, -0.2) is 4.98 Å². The molecule has 0 radical (unpaired) electrons. The molecule has 0 aliphatic carbocycles. The Morgan fingerprint density at radius 1 is 1.14 bits per heavy atom. The average Bonchev–Trinajstić information content (AvgIpc) is 3.50. The van der Waals surface area contributed by atoms with E-state index in [2.05, 4.69) is 32.4 Å². The lowest BCUT2D eigenvalue weighted by Gasteiger charge is -2.27. The first-order valence-corrected chi connectivity index (χ1v) is 12.7. The van der Waals surface area contributed by atoms with Crippen molar-refractivity contribution in [3.8, 4) is 10.6 Å². The van der Waals surface area contributed by atoms with Crippen LogP contribution in [0, 0.1) is 0 Å². The number of nitrogens with one attached hydrogen (secondary N) is 1. The molecule has 7 nitrogen and oxygen atoms in total. The Balaban J connectivity index is 1.33. The second kappa shape index (κ2) is 10.5. The Morgan fingerprint density at radius 2 is 1.89 bits per heavy atom. The number of aliphatic hydroxyl groups excluding tert-OH is 1. The van der Waals surface area contributed by atoms with Gasteiger partial charge >= 0.3 is 0 Å². The van der Waals surface area contributed by atoms with E-state index in [0.29, 0.717) is 18.8 Å². The number of aromatic nitrogens is 3. The number of hydrogen-bond donors (Lipinski definition) is 2. The average molecular weight is 488 g/mol. The fourth-order valence-corrected chi connectivity index (χ4v) is 5.51. The predicted molar refractivity (Wildman–Crippen MR) is 137 cm³/mol. The summed E-state index contributed by atoms with van der Waals surface area (Å²) in [5.74, 6) is -0.180. The summed E-state index contributed by atoms with van der Waals surface area (Å²) in [5.41, 5.74) is 4.62. The number of amides is 1. The van der Waals surface area contributed by atoms with E-state index < -0.39 is 0 Å². The van der Waals surface area contributed by atoms with Gasteiger partial charge in [-0.3, -0.25) is 14.4 Å². The highest BCUT2D eigenvalue weighted by atomic mass is 32.1. The maximum absolute atomic E-state index is 13.3. The maximum atomic E-state index is 13.3. The number of fused-ring (bicyclic) bond motifs is 1. The van der Waals surface area contributed by atoms with Crippen molar-refractivity contribution in [3.63, 3.8) is 0 Å². The summed E-state index contributed by atoms with van der Waals surface area (Å²) in [4.78, 5) is 21.4. The van der Waals surface area contributed by atoms with Crippen molar-refractivity contribution in [1.29, 1.82) is 0 Å². The van der Waals surface area contributed by atoms with E-state index >= 15 is 0 Å². The molecule has 180 valence electrons. The number of benzene rings is 2. The molecule has 5 rings (SSSR count). The standard InChI is InChI=1S/C27H29N5O2S/c1-19(20-8-4-2-5-9-20)29-26(34)25-23-18-31(13-12-24(23)32(30-25)14-15-33)17-22-16-28-27(35-22)21-10-6-3-7-11-21/h2-11,16,19,33H,12-15,17-18H2,1H3,(H,29,34). The lowest BCUT2D eigenvalue weighted by molar-refractivity contribution is 0.0931. The van der Waals surface area contributed by atoms with Crippen LogP contribution in [-0.2, 0) is 26.1 Å². The summed E-state index contributed by atoms with van der Waals surface area (Å²) in [6, 6.07) is 20.0. The maximum Gasteiger partial charge on any atom is 0.272 e. The van der Waals surface area contributed by atoms with E-state index in [1.54, 1.807) is 16.0 Å². The van der Waals surface area contributed by atoms with Crippen molar-refractivity contribution in [3.05, 3.63) is 94.3 Å². The molecule has 1 amide bonds. The van der Waals surface area contributed by atoms with Gasteiger partial charge in [0.15, 0.2) is 5.69 Å². The van der Waals surface area contributed by atoms with Crippen molar-refractivity contribution < 1.29 is 9.90 Å². The van der Waals surface area contributed by atoms with Crippen LogP contribution in [0.15, 0.2) is 66.9 Å². The third-order valence-corrected chi connectivity index (χ3v) is 7.37. The van der Waals surface area contributed by atoms with Gasteiger partial charge in [-0.1, -0.05) is 60.7 Å². The van der Waals surface area contributed by atoms with E-state index in [9.17, 15) is 9.90 Å². The van der Waals surface area contributed by atoms with Crippen LogP contribution in [-0.4, -0.2) is 43.8 Å². The molecule has 1 atom stereocenters. The number of hydrogen-bond acceptors (Lipinski definition) is 6. The van der Waals surface area contributed by atoms with Gasteiger partial charge in [-0.05, 0) is 12.5 Å². The van der Waals surface area contributed by atoms with Gasteiger partial charge in [0.1, 0.15) is 5.01 Å². The number of carbonyl (C=O) groups excluding carboxylic acids is 1. The molecule has 4 aromatic rings. The molecule has 35 heavy (non-hydrogen) atoms. The molecule has 0 saturated heterocycles. The molecule has 0 bridgehead atoms. The van der Waals surface area contributed by atoms with Crippen LogP contribution in [0.25, 0.3) is 10.6 Å². The largest absolute Gasteiger partial charge is 0.394 e. The number of nitrogens with zero attached hydrogens (tertiary/aromatic N) is 4. The minimum absolute atomic E-state index is 0.0115. The minimum atomic E-state index is -0.180. The highest BCUT2D eigenvalue weighted by Gasteiger charge is 2.29. The lowest BCUT2D eigenvalue weighted by atomic mass is 10.0. The molecule has 0 spiro atoms. The van der Waals surface area contributed by atoms with Crippen LogP contribution in [0.5, 0.6) is 0 Å². The fraction of sp³-hybridized carbons (Fsp3) is 0.296. The normalized spacial score (nSPS) is 14.5. The third kappa shape index (κ3) is 5.19. The van der Waals surface area contributed by atoms with Crippen LogP contribution in [0.1, 0.15) is 45.2 Å². The molecular formula is C27H29N5O2S. The number of aliphatic hydroxyl groups is 1. The quantitative estimate of drug-likeness (QED) is 0.392. The van der Waals surface area contributed by atoms with Crippen molar-refractivity contribution in [2.24, 2.45) is 0 Å². The summed E-state index contributed by atoms with van der Waals surface area (Å²) < 4.78 is 1.80. The second-order valence-corrected chi connectivity index (χ2v) is 9.90. The van der Waals surface area contributed by atoms with Gasteiger partial charge in [0.05, 0.1) is 19.2 Å². The number of carbonyl (C=O) groups is 1. The number of rotatable bonds is 8. The summed E-state index contributed by atoms with van der Waals surface area (Å²) in [6.45, 7) is 4.63. The topological polar surface area (TPSA) is 83.3 Å². The first kappa shape index (κ1) is 23.4. The van der Waals surface area contributed by atoms with Crippen LogP contribution < -0.4 is 5.32 Å². The van der Waals surface area contributed by atoms with E-state index in [1.165, 1.54) is 4.88 Å². The van der Waals surface area contributed by atoms with Crippen LogP contribution >= 0.6 is 11.3 Å². The van der Waals surface area contributed by atoms with Gasteiger partial charge in [-0.15, -0.1) is 11.3 Å². The highest BCUT2D eigenvalue weighted by Crippen LogP contribution is 2.29. The van der Waals surface area contributed by atoms with E-state index in [4.69, 9.17) is 0 Å². The SMILES string of the molecule is CC(NC(=O)c1nn(CCO)c2c1CN(Cc1cnc(-c3ccccc3)s1)CC2)c1ccccc1. The molecule has 3 heterocycles. The zero-order chi connectivity index (χ0) is 24.2. The van der Waals surface area contributed by atoms with Crippen molar-refractivity contribution >= 4 is 17.2 Å². The summed E-state index contributed by atoms with van der Waals surface area (Å²) in [6.07, 6.45) is 2.74. The minimum Gasteiger partial charge on any atom is -0.394 e. The molecule has 2 aromatic heterocycles. The Hall–Kier alpha value is -3.33. The van der Waals surface area contributed by atoms with Crippen molar-refractivity contribution in [2.45, 2.75) is 39.0 Å². The van der Waals surface area contributed by atoms with Gasteiger partial charge in [0, 0.05) is 53.9 Å². The molecule has 8 heteroatoms. The van der Waals surface area contributed by atoms with Gasteiger partial charge in [0.25, 0.3) is 5.91 Å². The third-order valence-electron chi connectivity index (χ3n) is 6.34. The van der Waals surface area contributed by atoms with E-state index in [1.807, 2.05) is 61.7 Å². The van der Waals surface area contributed by atoms with Crippen LogP contribution in [0.3, 0.4) is 0 Å². The molecule has 1 aliphatic rings. The molecule has 1 aliphatic heterocycles. The first-order valence-electron chi connectivity index (χ1n) is 11.9. The summed E-state index contributed by atoms with van der Waals surface area (Å²) in [7, 11) is 0. The van der Waals surface area contributed by atoms with E-state index in [-0.39, 0.29) is 18.6 Å². The zero-order valence-corrected chi connectivity index (χ0v) is 20.5. The van der Waals surface area contributed by atoms with Crippen LogP contribution in [0.2, 0.25) is 0 Å². The molecule has 0 fully saturated rings. The molecule has 0 saturated carbocycles.